The lowest BCUT2D eigenvalue weighted by Crippen LogP contribution is -2.13. The maximum atomic E-state index is 13.2. The zero-order chi connectivity index (χ0) is 14.9. The summed E-state index contributed by atoms with van der Waals surface area (Å²) in [6.45, 7) is 1.56. The van der Waals surface area contributed by atoms with Crippen LogP contribution in [0.5, 0.6) is 0 Å². The molecule has 0 aliphatic rings. The molecule has 0 saturated carbocycles. The second-order valence-electron chi connectivity index (χ2n) is 4.25. The molecule has 2 rings (SSSR count). The monoisotopic (exact) mass is 358 g/mol. The van der Waals surface area contributed by atoms with Gasteiger partial charge in [0, 0.05) is 15.8 Å². The number of nitrogen functional groups attached to an aromatic ring is 1. The van der Waals surface area contributed by atoms with Crippen molar-refractivity contribution >= 4 is 37.3 Å². The highest BCUT2D eigenvalue weighted by Gasteiger charge is 2.15. The number of nitrogens with one attached hydrogen (secondary N) is 1. The number of benzene rings is 2. The van der Waals surface area contributed by atoms with Gasteiger partial charge in [-0.25, -0.2) is 12.8 Å². The fourth-order valence-electron chi connectivity index (χ4n) is 1.60. The van der Waals surface area contributed by atoms with Gasteiger partial charge in [0.25, 0.3) is 10.0 Å². The normalized spacial score (nSPS) is 11.3. The van der Waals surface area contributed by atoms with Gasteiger partial charge in [-0.1, -0.05) is 0 Å². The lowest BCUT2D eigenvalue weighted by molar-refractivity contribution is 0.601. The zero-order valence-corrected chi connectivity index (χ0v) is 12.9. The van der Waals surface area contributed by atoms with E-state index in [1.165, 1.54) is 36.4 Å². The van der Waals surface area contributed by atoms with Crippen LogP contribution in [0.4, 0.5) is 15.8 Å². The number of rotatable bonds is 3. The molecule has 0 heterocycles. The SMILES string of the molecule is Cc1cc(NS(=O)(=O)c2ccc(N)c(Br)c2)ccc1F. The first-order valence-electron chi connectivity index (χ1n) is 5.63. The van der Waals surface area contributed by atoms with Crippen molar-refractivity contribution in [1.82, 2.24) is 0 Å². The lowest BCUT2D eigenvalue weighted by atomic mass is 10.2. The Morgan fingerprint density at radius 1 is 1.20 bits per heavy atom. The molecule has 0 atom stereocenters. The quantitative estimate of drug-likeness (QED) is 0.827. The van der Waals surface area contributed by atoms with Crippen LogP contribution in [0.1, 0.15) is 5.56 Å². The molecule has 106 valence electrons. The maximum absolute atomic E-state index is 13.2. The Hall–Kier alpha value is -1.60. The average Bonchev–Trinajstić information content (AvgIpc) is 2.37. The van der Waals surface area contributed by atoms with Crippen LogP contribution in [0.15, 0.2) is 45.8 Å². The number of aryl methyl sites for hydroxylation is 1. The Labute approximate surface area is 125 Å². The molecular formula is C13H12BrFN2O2S. The number of nitrogens with two attached hydrogens (primary N) is 1. The topological polar surface area (TPSA) is 72.2 Å². The number of hydrogen-bond acceptors (Lipinski definition) is 3. The molecule has 0 fully saturated rings. The molecule has 3 N–H and O–H groups in total. The zero-order valence-electron chi connectivity index (χ0n) is 10.5. The van der Waals surface area contributed by atoms with E-state index in [0.717, 1.165) is 0 Å². The fourth-order valence-corrected chi connectivity index (χ4v) is 3.20. The first-order chi connectivity index (χ1) is 9.29. The molecule has 20 heavy (non-hydrogen) atoms. The summed E-state index contributed by atoms with van der Waals surface area (Å²) < 4.78 is 40.4. The highest BCUT2D eigenvalue weighted by molar-refractivity contribution is 9.10. The van der Waals surface area contributed by atoms with Crippen LogP contribution in [0.3, 0.4) is 0 Å². The van der Waals surface area contributed by atoms with Gasteiger partial charge in [0.1, 0.15) is 5.82 Å². The first kappa shape index (κ1) is 14.8. The lowest BCUT2D eigenvalue weighted by Gasteiger charge is -2.10. The summed E-state index contributed by atoms with van der Waals surface area (Å²) in [5.74, 6) is -0.386. The summed E-state index contributed by atoms with van der Waals surface area (Å²) in [5, 5.41) is 0. The van der Waals surface area contributed by atoms with Crippen molar-refractivity contribution < 1.29 is 12.8 Å². The largest absolute Gasteiger partial charge is 0.398 e. The fraction of sp³-hybridized carbons (Fsp3) is 0.0769. The molecule has 0 amide bonds. The van der Waals surface area contributed by atoms with Gasteiger partial charge >= 0.3 is 0 Å². The summed E-state index contributed by atoms with van der Waals surface area (Å²) in [7, 11) is -3.74. The number of anilines is 2. The molecule has 0 radical (unpaired) electrons. The average molecular weight is 359 g/mol. The van der Waals surface area contributed by atoms with E-state index in [4.69, 9.17) is 5.73 Å². The third-order valence-electron chi connectivity index (χ3n) is 2.69. The van der Waals surface area contributed by atoms with Crippen molar-refractivity contribution in [1.29, 1.82) is 0 Å². The molecule has 0 bridgehead atoms. The van der Waals surface area contributed by atoms with Crippen molar-refractivity contribution in [3.8, 4) is 0 Å². The standard InChI is InChI=1S/C13H12BrFN2O2S/c1-8-6-9(2-4-12(8)15)17-20(18,19)10-3-5-13(16)11(14)7-10/h2-7,17H,16H2,1H3. The minimum Gasteiger partial charge on any atom is -0.398 e. The Balaban J connectivity index is 2.35. The molecule has 0 spiro atoms. The molecule has 7 heteroatoms. The van der Waals surface area contributed by atoms with Crippen LogP contribution in [0, 0.1) is 12.7 Å². The van der Waals surface area contributed by atoms with Crippen molar-refractivity contribution in [2.75, 3.05) is 10.5 Å². The third-order valence-corrected chi connectivity index (χ3v) is 4.76. The van der Waals surface area contributed by atoms with Gasteiger partial charge in [-0.15, -0.1) is 0 Å². The van der Waals surface area contributed by atoms with Crippen LogP contribution >= 0.6 is 15.9 Å². The van der Waals surface area contributed by atoms with Crippen LogP contribution in [-0.2, 0) is 10.0 Å². The van der Waals surface area contributed by atoms with Crippen molar-refractivity contribution in [3.63, 3.8) is 0 Å². The van der Waals surface area contributed by atoms with Crippen LogP contribution in [0.2, 0.25) is 0 Å². The Kier molecular flexibility index (Phi) is 4.01. The van der Waals surface area contributed by atoms with Gasteiger partial charge in [-0.2, -0.15) is 0 Å². The van der Waals surface area contributed by atoms with E-state index in [2.05, 4.69) is 20.7 Å². The van der Waals surface area contributed by atoms with Gasteiger partial charge in [0.2, 0.25) is 0 Å². The third kappa shape index (κ3) is 3.10. The Morgan fingerprint density at radius 2 is 1.90 bits per heavy atom. The highest BCUT2D eigenvalue weighted by atomic mass is 79.9. The summed E-state index contributed by atoms with van der Waals surface area (Å²) in [6, 6.07) is 8.32. The van der Waals surface area contributed by atoms with E-state index in [-0.39, 0.29) is 10.7 Å². The highest BCUT2D eigenvalue weighted by Crippen LogP contribution is 2.25. The Morgan fingerprint density at radius 3 is 2.50 bits per heavy atom. The summed E-state index contributed by atoms with van der Waals surface area (Å²) in [5.41, 5.74) is 6.73. The molecule has 2 aromatic rings. The number of hydrogen-bond donors (Lipinski definition) is 2. The van der Waals surface area contributed by atoms with E-state index in [1.807, 2.05) is 0 Å². The van der Waals surface area contributed by atoms with Gasteiger partial charge in [0.05, 0.1) is 4.90 Å². The van der Waals surface area contributed by atoms with Crippen LogP contribution < -0.4 is 10.5 Å². The van der Waals surface area contributed by atoms with Gasteiger partial charge in [-0.05, 0) is 64.8 Å². The van der Waals surface area contributed by atoms with E-state index >= 15 is 0 Å². The predicted molar refractivity (Wildman–Crippen MR) is 80.5 cm³/mol. The van der Waals surface area contributed by atoms with Crippen molar-refractivity contribution in [3.05, 3.63) is 52.3 Å². The second kappa shape index (κ2) is 5.41. The summed E-state index contributed by atoms with van der Waals surface area (Å²) >= 11 is 3.18. The molecule has 0 aliphatic carbocycles. The van der Waals surface area contributed by atoms with E-state index < -0.39 is 10.0 Å². The summed E-state index contributed by atoms with van der Waals surface area (Å²) in [4.78, 5) is 0.0700. The number of sulfonamides is 1. The van der Waals surface area contributed by atoms with E-state index in [9.17, 15) is 12.8 Å². The van der Waals surface area contributed by atoms with Gasteiger partial charge in [0.15, 0.2) is 0 Å². The maximum Gasteiger partial charge on any atom is 0.261 e. The van der Waals surface area contributed by atoms with Gasteiger partial charge in [-0.3, -0.25) is 4.72 Å². The molecule has 4 nitrogen and oxygen atoms in total. The molecule has 2 aromatic carbocycles. The second-order valence-corrected chi connectivity index (χ2v) is 6.79. The van der Waals surface area contributed by atoms with Crippen molar-refractivity contribution in [2.24, 2.45) is 0 Å². The van der Waals surface area contributed by atoms with Crippen LogP contribution in [-0.4, -0.2) is 8.42 Å². The molecule has 0 saturated heterocycles. The molecular weight excluding hydrogens is 347 g/mol. The minimum absolute atomic E-state index is 0.0700. The Bertz CT molecular complexity index is 763. The predicted octanol–water partition coefficient (Wildman–Crippen LogP) is 3.28. The summed E-state index contributed by atoms with van der Waals surface area (Å²) in [6.07, 6.45) is 0. The number of halogens is 2. The first-order valence-corrected chi connectivity index (χ1v) is 7.91. The van der Waals surface area contributed by atoms with Crippen LogP contribution in [0.25, 0.3) is 0 Å². The minimum atomic E-state index is -3.74. The molecule has 0 aliphatic heterocycles. The van der Waals surface area contributed by atoms with Crippen molar-refractivity contribution in [2.45, 2.75) is 11.8 Å². The molecule has 0 aromatic heterocycles. The smallest absolute Gasteiger partial charge is 0.261 e. The van der Waals surface area contributed by atoms with Gasteiger partial charge < -0.3 is 5.73 Å². The van der Waals surface area contributed by atoms with E-state index in [1.54, 1.807) is 6.92 Å². The van der Waals surface area contributed by atoms with E-state index in [0.29, 0.717) is 21.4 Å². The molecule has 0 unspecified atom stereocenters.